The zero-order chi connectivity index (χ0) is 22.5. The molecule has 0 heterocycles. The van der Waals surface area contributed by atoms with E-state index >= 15 is 0 Å². The summed E-state index contributed by atoms with van der Waals surface area (Å²) in [5.74, 6) is -0.198. The third-order valence-electron chi connectivity index (χ3n) is 5.08. The van der Waals surface area contributed by atoms with E-state index in [1.165, 1.54) is 5.56 Å². The number of hydrogen-bond donors (Lipinski definition) is 1. The molecule has 0 saturated heterocycles. The average molecular weight is 429 g/mol. The molecule has 1 N–H and O–H groups in total. The zero-order valence-corrected chi connectivity index (χ0v) is 19.6. The molecule has 0 saturated carbocycles. The van der Waals surface area contributed by atoms with Gasteiger partial charge in [-0.05, 0) is 75.4 Å². The van der Waals surface area contributed by atoms with E-state index in [0.29, 0.717) is 18.0 Å². The molecule has 0 aromatic heterocycles. The van der Waals surface area contributed by atoms with Crippen LogP contribution in [0.4, 0.5) is 0 Å². The Kier molecular flexibility index (Phi) is 8.08. The summed E-state index contributed by atoms with van der Waals surface area (Å²) in [6.45, 7) is 12.2. The molecule has 30 heavy (non-hydrogen) atoms. The highest BCUT2D eigenvalue weighted by molar-refractivity contribution is 6.30. The third-order valence-corrected chi connectivity index (χ3v) is 5.33. The van der Waals surface area contributed by atoms with Crippen molar-refractivity contribution in [2.24, 2.45) is 0 Å². The van der Waals surface area contributed by atoms with Crippen molar-refractivity contribution in [3.8, 4) is 0 Å². The first kappa shape index (κ1) is 23.9. The van der Waals surface area contributed by atoms with Gasteiger partial charge in [0.1, 0.15) is 6.04 Å². The highest BCUT2D eigenvalue weighted by atomic mass is 35.5. The maximum Gasteiger partial charge on any atom is 0.243 e. The van der Waals surface area contributed by atoms with Crippen LogP contribution in [0, 0.1) is 13.8 Å². The maximum atomic E-state index is 13.4. The lowest BCUT2D eigenvalue weighted by Crippen LogP contribution is -2.53. The molecule has 0 bridgehead atoms. The molecule has 1 atom stereocenters. The largest absolute Gasteiger partial charge is 0.350 e. The van der Waals surface area contributed by atoms with E-state index in [4.69, 9.17) is 11.6 Å². The fraction of sp³-hybridized carbons (Fsp3) is 0.440. The standard InChI is InChI=1S/C25H33ClN2O2/c1-7-22(24(30)27-25(4,5)6)28(16-19-10-12-21(26)13-11-19)23(29)15-20-9-8-17(2)18(3)14-20/h8-14,22H,7,15-16H2,1-6H3,(H,27,30). The number of aryl methyl sites for hydroxylation is 2. The molecule has 2 amide bonds. The van der Waals surface area contributed by atoms with Gasteiger partial charge in [-0.3, -0.25) is 9.59 Å². The van der Waals surface area contributed by atoms with Crippen molar-refractivity contribution in [2.45, 2.75) is 72.5 Å². The van der Waals surface area contributed by atoms with Crippen molar-refractivity contribution in [1.82, 2.24) is 10.2 Å². The molecule has 0 radical (unpaired) electrons. The Morgan fingerprint density at radius 3 is 2.13 bits per heavy atom. The lowest BCUT2D eigenvalue weighted by molar-refractivity contribution is -0.141. The van der Waals surface area contributed by atoms with Crippen molar-refractivity contribution in [2.75, 3.05) is 0 Å². The summed E-state index contributed by atoms with van der Waals surface area (Å²) in [5, 5.41) is 3.67. The number of amides is 2. The minimum absolute atomic E-state index is 0.0656. The summed E-state index contributed by atoms with van der Waals surface area (Å²) in [6.07, 6.45) is 0.794. The predicted molar refractivity (Wildman–Crippen MR) is 124 cm³/mol. The van der Waals surface area contributed by atoms with Crippen LogP contribution in [-0.2, 0) is 22.6 Å². The third kappa shape index (κ3) is 6.88. The first-order valence-electron chi connectivity index (χ1n) is 10.4. The first-order chi connectivity index (χ1) is 14.0. The highest BCUT2D eigenvalue weighted by Crippen LogP contribution is 2.18. The van der Waals surface area contributed by atoms with Crippen molar-refractivity contribution in [1.29, 1.82) is 0 Å². The minimum Gasteiger partial charge on any atom is -0.350 e. The fourth-order valence-corrected chi connectivity index (χ4v) is 3.47. The molecular weight excluding hydrogens is 396 g/mol. The smallest absolute Gasteiger partial charge is 0.243 e. The molecule has 1 unspecified atom stereocenters. The van der Waals surface area contributed by atoms with E-state index < -0.39 is 6.04 Å². The minimum atomic E-state index is -0.543. The molecule has 162 valence electrons. The molecule has 5 heteroatoms. The first-order valence-corrected chi connectivity index (χ1v) is 10.8. The van der Waals surface area contributed by atoms with Crippen molar-refractivity contribution >= 4 is 23.4 Å². The van der Waals surface area contributed by atoms with Gasteiger partial charge in [-0.2, -0.15) is 0 Å². The van der Waals surface area contributed by atoms with Crippen molar-refractivity contribution < 1.29 is 9.59 Å². The van der Waals surface area contributed by atoms with E-state index in [-0.39, 0.29) is 23.8 Å². The maximum absolute atomic E-state index is 13.4. The number of halogens is 1. The van der Waals surface area contributed by atoms with Gasteiger partial charge in [0.25, 0.3) is 0 Å². The van der Waals surface area contributed by atoms with Gasteiger partial charge in [0.15, 0.2) is 0 Å². The number of nitrogens with one attached hydrogen (secondary N) is 1. The molecule has 4 nitrogen and oxygen atoms in total. The number of nitrogens with zero attached hydrogens (tertiary/aromatic N) is 1. The quantitative estimate of drug-likeness (QED) is 0.657. The number of benzene rings is 2. The van der Waals surface area contributed by atoms with E-state index in [1.54, 1.807) is 17.0 Å². The van der Waals surface area contributed by atoms with Gasteiger partial charge >= 0.3 is 0 Å². The number of hydrogen-bond acceptors (Lipinski definition) is 2. The number of carbonyl (C=O) groups is 2. The van der Waals surface area contributed by atoms with Crippen LogP contribution in [0.15, 0.2) is 42.5 Å². The zero-order valence-electron chi connectivity index (χ0n) is 18.9. The van der Waals surface area contributed by atoms with Crippen LogP contribution < -0.4 is 5.32 Å². The summed E-state index contributed by atoms with van der Waals surface area (Å²) >= 11 is 6.01. The Balaban J connectivity index is 2.32. The molecule has 0 spiro atoms. The topological polar surface area (TPSA) is 49.4 Å². The Morgan fingerprint density at radius 1 is 1.00 bits per heavy atom. The highest BCUT2D eigenvalue weighted by Gasteiger charge is 2.30. The van der Waals surface area contributed by atoms with Crippen molar-refractivity contribution in [3.63, 3.8) is 0 Å². The van der Waals surface area contributed by atoms with Crippen LogP contribution in [0.5, 0.6) is 0 Å². The summed E-state index contributed by atoms with van der Waals surface area (Å²) in [6, 6.07) is 12.9. The molecular formula is C25H33ClN2O2. The van der Waals surface area contributed by atoms with Gasteiger partial charge in [0.05, 0.1) is 6.42 Å². The van der Waals surface area contributed by atoms with Crippen LogP contribution in [0.3, 0.4) is 0 Å². The van der Waals surface area contributed by atoms with Gasteiger partial charge in [-0.25, -0.2) is 0 Å². The Labute approximate surface area is 185 Å². The Morgan fingerprint density at radius 2 is 1.60 bits per heavy atom. The summed E-state index contributed by atoms with van der Waals surface area (Å²) < 4.78 is 0. The van der Waals surface area contributed by atoms with Crippen LogP contribution in [0.1, 0.15) is 56.4 Å². The van der Waals surface area contributed by atoms with E-state index in [1.807, 2.05) is 65.0 Å². The molecule has 2 aromatic rings. The SMILES string of the molecule is CCC(C(=O)NC(C)(C)C)N(Cc1ccc(Cl)cc1)C(=O)Cc1ccc(C)c(C)c1. The Bertz CT molecular complexity index is 885. The molecule has 0 fully saturated rings. The monoisotopic (exact) mass is 428 g/mol. The van der Waals surface area contributed by atoms with Crippen molar-refractivity contribution in [3.05, 3.63) is 69.7 Å². The summed E-state index contributed by atoms with van der Waals surface area (Å²) in [7, 11) is 0. The summed E-state index contributed by atoms with van der Waals surface area (Å²) in [5.41, 5.74) is 3.88. The number of rotatable bonds is 7. The lowest BCUT2D eigenvalue weighted by atomic mass is 10.0. The second kappa shape index (κ2) is 10.1. The van der Waals surface area contributed by atoms with Gasteiger partial charge in [-0.15, -0.1) is 0 Å². The van der Waals surface area contributed by atoms with E-state index in [9.17, 15) is 9.59 Å². The fourth-order valence-electron chi connectivity index (χ4n) is 3.35. The van der Waals surface area contributed by atoms with Gasteiger partial charge in [-0.1, -0.05) is 48.9 Å². The molecule has 0 aliphatic heterocycles. The van der Waals surface area contributed by atoms with Crippen LogP contribution in [-0.4, -0.2) is 28.3 Å². The van der Waals surface area contributed by atoms with Crippen LogP contribution >= 0.6 is 11.6 Å². The van der Waals surface area contributed by atoms with E-state index in [2.05, 4.69) is 12.2 Å². The van der Waals surface area contributed by atoms with Gasteiger partial charge in [0, 0.05) is 17.1 Å². The molecule has 0 aliphatic rings. The molecule has 2 aromatic carbocycles. The molecule has 2 rings (SSSR count). The van der Waals surface area contributed by atoms with Crippen LogP contribution in [0.25, 0.3) is 0 Å². The Hall–Kier alpha value is -2.33. The predicted octanol–water partition coefficient (Wildman–Crippen LogP) is 5.22. The second-order valence-electron chi connectivity index (χ2n) is 8.91. The molecule has 0 aliphatic carbocycles. The lowest BCUT2D eigenvalue weighted by Gasteiger charge is -2.33. The second-order valence-corrected chi connectivity index (χ2v) is 9.34. The summed E-state index contributed by atoms with van der Waals surface area (Å²) in [4.78, 5) is 28.1. The average Bonchev–Trinajstić information content (AvgIpc) is 2.64. The van der Waals surface area contributed by atoms with E-state index in [0.717, 1.165) is 16.7 Å². The number of carbonyl (C=O) groups excluding carboxylic acids is 2. The van der Waals surface area contributed by atoms with Gasteiger partial charge < -0.3 is 10.2 Å². The normalized spacial score (nSPS) is 12.4. The van der Waals surface area contributed by atoms with Gasteiger partial charge in [0.2, 0.25) is 11.8 Å². The van der Waals surface area contributed by atoms with Crippen LogP contribution in [0.2, 0.25) is 5.02 Å².